The third-order valence-electron chi connectivity index (χ3n) is 3.17. The van der Waals surface area contributed by atoms with Gasteiger partial charge in [0.25, 0.3) is 0 Å². The summed E-state index contributed by atoms with van der Waals surface area (Å²) in [7, 11) is 1.53. The molecule has 102 valence electrons. The smallest absolute Gasteiger partial charge is 0.331 e. The van der Waals surface area contributed by atoms with Crippen LogP contribution in [-0.4, -0.2) is 41.6 Å². The van der Waals surface area contributed by atoms with Gasteiger partial charge in [-0.25, -0.2) is 4.79 Å². The van der Waals surface area contributed by atoms with Crippen molar-refractivity contribution >= 4 is 11.9 Å². The Kier molecular flexibility index (Phi) is 3.71. The Morgan fingerprint density at radius 2 is 2.11 bits per heavy atom. The maximum absolute atomic E-state index is 11.8. The van der Waals surface area contributed by atoms with Crippen LogP contribution in [0.1, 0.15) is 18.0 Å². The van der Waals surface area contributed by atoms with Crippen LogP contribution in [0.3, 0.4) is 0 Å². The molecule has 6 nitrogen and oxygen atoms in total. The van der Waals surface area contributed by atoms with Gasteiger partial charge in [-0.1, -0.05) is 12.1 Å². The molecule has 1 aromatic carbocycles. The predicted molar refractivity (Wildman–Crippen MR) is 67.7 cm³/mol. The first kappa shape index (κ1) is 13.4. The predicted octanol–water partition coefficient (Wildman–Crippen LogP) is 0.380. The molecule has 0 aromatic heterocycles. The molecule has 0 spiro atoms. The molecule has 0 saturated carbocycles. The Labute approximate surface area is 110 Å². The standard InChI is InChI=1S/C13H16N2O4/c1-19-10-4-2-8(3-5-10)12(13(17)18)15-7-9(14)6-11(15)16/h2-5,9,12H,6-7,14H2,1H3,(H,17,18). The number of nitrogens with zero attached hydrogens (tertiary/aromatic N) is 1. The highest BCUT2D eigenvalue weighted by Crippen LogP contribution is 2.27. The number of carboxylic acids is 1. The van der Waals surface area contributed by atoms with Crippen molar-refractivity contribution in [3.63, 3.8) is 0 Å². The number of carbonyl (C=O) groups excluding carboxylic acids is 1. The second-order valence-electron chi connectivity index (χ2n) is 4.52. The zero-order valence-electron chi connectivity index (χ0n) is 10.6. The van der Waals surface area contributed by atoms with Gasteiger partial charge >= 0.3 is 5.97 Å². The summed E-state index contributed by atoms with van der Waals surface area (Å²) >= 11 is 0. The molecule has 19 heavy (non-hydrogen) atoms. The van der Waals surface area contributed by atoms with Gasteiger partial charge in [-0.2, -0.15) is 0 Å². The number of hydrogen-bond donors (Lipinski definition) is 2. The number of hydrogen-bond acceptors (Lipinski definition) is 4. The van der Waals surface area contributed by atoms with Crippen LogP contribution in [0.25, 0.3) is 0 Å². The SMILES string of the molecule is COc1ccc(C(C(=O)O)N2CC(N)CC2=O)cc1. The van der Waals surface area contributed by atoms with Gasteiger partial charge in [0.1, 0.15) is 5.75 Å². The molecule has 1 aliphatic heterocycles. The Hall–Kier alpha value is -2.08. The van der Waals surface area contributed by atoms with Gasteiger partial charge in [0, 0.05) is 19.0 Å². The van der Waals surface area contributed by atoms with Crippen molar-refractivity contribution in [3.05, 3.63) is 29.8 Å². The number of benzene rings is 1. The highest BCUT2D eigenvalue weighted by Gasteiger charge is 2.37. The number of methoxy groups -OCH3 is 1. The fourth-order valence-electron chi connectivity index (χ4n) is 2.25. The van der Waals surface area contributed by atoms with Crippen molar-refractivity contribution in [3.8, 4) is 5.75 Å². The summed E-state index contributed by atoms with van der Waals surface area (Å²) in [6.45, 7) is 0.266. The maximum Gasteiger partial charge on any atom is 0.331 e. The van der Waals surface area contributed by atoms with Crippen molar-refractivity contribution in [1.29, 1.82) is 0 Å². The van der Waals surface area contributed by atoms with Crippen LogP contribution < -0.4 is 10.5 Å². The first-order valence-corrected chi connectivity index (χ1v) is 5.94. The number of carboxylic acid groups (broad SMARTS) is 1. The highest BCUT2D eigenvalue weighted by atomic mass is 16.5. The third kappa shape index (κ3) is 2.68. The molecule has 2 unspecified atom stereocenters. The van der Waals surface area contributed by atoms with Crippen LogP contribution >= 0.6 is 0 Å². The second-order valence-corrected chi connectivity index (χ2v) is 4.52. The molecular formula is C13H16N2O4. The lowest BCUT2D eigenvalue weighted by molar-refractivity contribution is -0.148. The van der Waals surface area contributed by atoms with Crippen LogP contribution in [0.15, 0.2) is 24.3 Å². The lowest BCUT2D eigenvalue weighted by atomic mass is 10.1. The highest BCUT2D eigenvalue weighted by molar-refractivity contribution is 5.86. The van der Waals surface area contributed by atoms with Crippen molar-refractivity contribution in [2.24, 2.45) is 5.73 Å². The summed E-state index contributed by atoms with van der Waals surface area (Å²) in [5.74, 6) is -0.652. The van der Waals surface area contributed by atoms with E-state index in [1.807, 2.05) is 0 Å². The van der Waals surface area contributed by atoms with Gasteiger partial charge in [0.15, 0.2) is 6.04 Å². The first-order chi connectivity index (χ1) is 9.02. The summed E-state index contributed by atoms with van der Waals surface area (Å²) in [5, 5.41) is 9.35. The molecule has 1 aliphatic rings. The Morgan fingerprint density at radius 3 is 2.53 bits per heavy atom. The summed E-state index contributed by atoms with van der Waals surface area (Å²) < 4.78 is 5.03. The van der Waals surface area contributed by atoms with Crippen LogP contribution in [-0.2, 0) is 9.59 Å². The molecule has 1 saturated heterocycles. The first-order valence-electron chi connectivity index (χ1n) is 5.94. The summed E-state index contributed by atoms with van der Waals surface area (Å²) in [6, 6.07) is 5.35. The van der Waals surface area contributed by atoms with E-state index in [0.717, 1.165) is 0 Å². The lowest BCUT2D eigenvalue weighted by Gasteiger charge is -2.24. The van der Waals surface area contributed by atoms with Crippen LogP contribution in [0.5, 0.6) is 5.75 Å². The minimum absolute atomic E-state index is 0.194. The van der Waals surface area contributed by atoms with Crippen molar-refractivity contribution in [2.75, 3.05) is 13.7 Å². The average molecular weight is 264 g/mol. The van der Waals surface area contributed by atoms with E-state index in [1.165, 1.54) is 12.0 Å². The Balaban J connectivity index is 2.29. The van der Waals surface area contributed by atoms with E-state index in [-0.39, 0.29) is 24.9 Å². The largest absolute Gasteiger partial charge is 0.497 e. The number of rotatable bonds is 4. The zero-order chi connectivity index (χ0) is 14.0. The van der Waals surface area contributed by atoms with E-state index in [4.69, 9.17) is 10.5 Å². The van der Waals surface area contributed by atoms with E-state index in [9.17, 15) is 14.7 Å². The normalized spacial score (nSPS) is 20.4. The van der Waals surface area contributed by atoms with Crippen LogP contribution in [0, 0.1) is 0 Å². The molecule has 1 fully saturated rings. The topological polar surface area (TPSA) is 92.9 Å². The molecule has 0 aliphatic carbocycles. The van der Waals surface area contributed by atoms with Crippen molar-refractivity contribution < 1.29 is 19.4 Å². The Bertz CT molecular complexity index is 486. The van der Waals surface area contributed by atoms with E-state index in [0.29, 0.717) is 11.3 Å². The van der Waals surface area contributed by atoms with Gasteiger partial charge in [-0.15, -0.1) is 0 Å². The van der Waals surface area contributed by atoms with Gasteiger partial charge in [0.05, 0.1) is 7.11 Å². The molecule has 1 amide bonds. The molecule has 0 bridgehead atoms. The van der Waals surface area contributed by atoms with Crippen LogP contribution in [0.4, 0.5) is 0 Å². The zero-order valence-corrected chi connectivity index (χ0v) is 10.6. The fraction of sp³-hybridized carbons (Fsp3) is 0.385. The summed E-state index contributed by atoms with van der Waals surface area (Å²) in [5.41, 5.74) is 6.24. The molecule has 0 radical (unpaired) electrons. The molecule has 2 atom stereocenters. The van der Waals surface area contributed by atoms with Crippen molar-refractivity contribution in [2.45, 2.75) is 18.5 Å². The quantitative estimate of drug-likeness (QED) is 0.820. The second kappa shape index (κ2) is 5.27. The van der Waals surface area contributed by atoms with E-state index in [2.05, 4.69) is 0 Å². The molecule has 2 rings (SSSR count). The molecular weight excluding hydrogens is 248 g/mol. The number of carbonyl (C=O) groups is 2. The number of nitrogens with two attached hydrogens (primary N) is 1. The number of ether oxygens (including phenoxy) is 1. The monoisotopic (exact) mass is 264 g/mol. The minimum Gasteiger partial charge on any atom is -0.497 e. The lowest BCUT2D eigenvalue weighted by Crippen LogP contribution is -2.36. The molecule has 6 heteroatoms. The fourth-order valence-corrected chi connectivity index (χ4v) is 2.25. The number of likely N-dealkylation sites (tertiary alicyclic amines) is 1. The van der Waals surface area contributed by atoms with Gasteiger partial charge in [-0.05, 0) is 17.7 Å². The van der Waals surface area contributed by atoms with Gasteiger partial charge in [-0.3, -0.25) is 4.79 Å². The van der Waals surface area contributed by atoms with Crippen LogP contribution in [0.2, 0.25) is 0 Å². The molecule has 1 aromatic rings. The number of amides is 1. The van der Waals surface area contributed by atoms with E-state index >= 15 is 0 Å². The van der Waals surface area contributed by atoms with Gasteiger partial charge in [0.2, 0.25) is 5.91 Å². The van der Waals surface area contributed by atoms with E-state index in [1.54, 1.807) is 24.3 Å². The Morgan fingerprint density at radius 1 is 1.47 bits per heavy atom. The maximum atomic E-state index is 11.8. The summed E-state index contributed by atoms with van der Waals surface area (Å²) in [6.07, 6.45) is 0.194. The molecule has 3 N–H and O–H groups in total. The van der Waals surface area contributed by atoms with Crippen molar-refractivity contribution in [1.82, 2.24) is 4.90 Å². The third-order valence-corrected chi connectivity index (χ3v) is 3.17. The minimum atomic E-state index is -1.06. The molecule has 1 heterocycles. The van der Waals surface area contributed by atoms with E-state index < -0.39 is 12.0 Å². The van der Waals surface area contributed by atoms with Gasteiger partial charge < -0.3 is 20.5 Å². The number of aliphatic carboxylic acids is 1. The summed E-state index contributed by atoms with van der Waals surface area (Å²) in [4.78, 5) is 24.5. The average Bonchev–Trinajstić information content (AvgIpc) is 2.69.